The Hall–Kier alpha value is -11.1. The summed E-state index contributed by atoms with van der Waals surface area (Å²) < 4.78 is 112. The number of para-hydroxylation sites is 1. The maximum absolute atomic E-state index is 13.1. The second-order valence-electron chi connectivity index (χ2n) is 32.3. The third-order valence-corrected chi connectivity index (χ3v) is 25.6. The van der Waals surface area contributed by atoms with Crippen molar-refractivity contribution in [3.63, 3.8) is 0 Å². The number of ketones is 1. The first-order chi connectivity index (χ1) is 60.5. The molecule has 16 rings (SSSR count). The minimum absolute atomic E-state index is 0.00483. The normalized spacial score (nSPS) is 21.4. The van der Waals surface area contributed by atoms with Crippen molar-refractivity contribution in [2.75, 3.05) is 69.2 Å². The highest BCUT2D eigenvalue weighted by molar-refractivity contribution is 7.89. The summed E-state index contributed by atoms with van der Waals surface area (Å²) in [6.45, 7) is 22.7. The number of esters is 4. The molecule has 9 heterocycles. The monoisotopic (exact) mass is 1820 g/mol. The number of allylic oxidation sites excluding steroid dienone is 5. The number of piperazine rings is 2. The Kier molecular flexibility index (Phi) is 32.0. The number of benzene rings is 5. The van der Waals surface area contributed by atoms with Crippen LogP contribution in [0.15, 0.2) is 217 Å². The third kappa shape index (κ3) is 25.3. The summed E-state index contributed by atoms with van der Waals surface area (Å²) >= 11 is 9.13. The molecule has 5 unspecified atom stereocenters. The maximum atomic E-state index is 13.1. The molecule has 7 aliphatic rings. The number of fused-ring (bicyclic) bond motifs is 4. The average Bonchev–Trinajstić information content (AvgIpc) is 0.836. The fourth-order valence-electron chi connectivity index (χ4n) is 15.3. The number of rotatable bonds is 17. The molecule has 4 aromatic heterocycles. The number of alkyl halides is 3. The topological polar surface area (TPSA) is 304 Å². The van der Waals surface area contributed by atoms with Gasteiger partial charge in [0.05, 0.1) is 46.1 Å². The molecule has 5 aliphatic heterocycles. The van der Waals surface area contributed by atoms with Crippen molar-refractivity contribution < 1.29 is 92.7 Å². The highest BCUT2D eigenvalue weighted by Crippen LogP contribution is 2.43. The molecule has 1 N–H and O–H groups in total. The van der Waals surface area contributed by atoms with Crippen LogP contribution in [0.25, 0.3) is 32.5 Å². The lowest BCUT2D eigenvalue weighted by Crippen LogP contribution is -2.63. The number of aryl methyl sites for hydroxylation is 2. The van der Waals surface area contributed by atoms with Gasteiger partial charge in [-0.2, -0.15) is 4.31 Å². The average molecular weight is 1820 g/mol. The Bertz CT molecular complexity index is 5720. The molecule has 2 aliphatic carbocycles. The van der Waals surface area contributed by atoms with Crippen LogP contribution in [0, 0.1) is 19.8 Å². The van der Waals surface area contributed by atoms with E-state index >= 15 is 0 Å². The summed E-state index contributed by atoms with van der Waals surface area (Å²) in [4.78, 5) is 105. The van der Waals surface area contributed by atoms with Crippen LogP contribution in [0.3, 0.4) is 0 Å². The first-order valence-corrected chi connectivity index (χ1v) is 45.2. The number of Topliss-reactive ketones (excluding diaryl/α,β-unsaturated/α-hetero) is 1. The molecule has 0 bridgehead atoms. The van der Waals surface area contributed by atoms with Crippen LogP contribution in [0.4, 0.5) is 24.0 Å². The number of carbonyl (C=O) groups excluding carboxylic acids is 6. The van der Waals surface area contributed by atoms with Crippen LogP contribution in [0.2, 0.25) is 5.02 Å². The van der Waals surface area contributed by atoms with E-state index in [4.69, 9.17) is 49.2 Å². The number of nitrogens with one attached hydrogen (secondary N) is 1. The lowest BCUT2D eigenvalue weighted by atomic mass is 9.81. The van der Waals surface area contributed by atoms with Crippen LogP contribution < -0.4 is 20.4 Å². The third-order valence-electron chi connectivity index (χ3n) is 21.4. The highest BCUT2D eigenvalue weighted by Gasteiger charge is 2.54. The van der Waals surface area contributed by atoms with E-state index in [2.05, 4.69) is 90.6 Å². The van der Waals surface area contributed by atoms with E-state index in [0.29, 0.717) is 85.6 Å². The molecular weight excluding hydrogens is 1720 g/mol. The lowest BCUT2D eigenvalue weighted by Gasteiger charge is -2.45. The van der Waals surface area contributed by atoms with Crippen molar-refractivity contribution in [3.05, 3.63) is 247 Å². The number of hydrogen-bond acceptors (Lipinski definition) is 26. The molecule has 4 fully saturated rings. The predicted octanol–water partition coefficient (Wildman–Crippen LogP) is 16.9. The standard InChI is InChI=1S/C21H20O2.C20H19F3N4O2S.C18H28O10.C18H16O2.C17H19ClN4O2S2/c22-20-17-12-6-7-13-19(17)23-21(16-10-2-1-3-11-16)18(20)14-15-8-4-5-9-15;1-13-11-30-19-17(13)18(24-12-25-19)27-8-6-26(7-9-27)16(28)10-14-2-4-15(5-3-14)29-20(21,22)23;1-9(19)23-8-13-14(24-10(2)20)15(25-11(3)21)16(26-12(4)22)17(27-13)28-18(5,6)7;1-12(2)13-7-9-14(10-8-13)18-11-16(19)15-5-3-4-6-17(15)20-18;1-12-10-25-17-15(12)16(19-11-20-17)21-6-8-22(9-7-21)26(23,24)14-4-2-13(18)3-5-14/h1-3,6-8,10-14,17,19,21H,4-5,9H2;2-5,11-12H,6-10H2,1H3;13-17H,8H2,1-7H3;3-12H,1-2H3;2-5,10-11,16H,6-9H2,1H3,(H,19,20)/b18-14+;;;;/t;;13-,14-,15+,16-,17?;;/m..1../s1. The fraction of sp³-hybridized carbons (Fsp3) is 0.383. The quantitative estimate of drug-likeness (QED) is 0.0503. The highest BCUT2D eigenvalue weighted by atomic mass is 35.5. The first-order valence-electron chi connectivity index (χ1n) is 41.6. The van der Waals surface area contributed by atoms with Crippen LogP contribution in [0.5, 0.6) is 5.75 Å². The minimum atomic E-state index is -4.73. The summed E-state index contributed by atoms with van der Waals surface area (Å²) in [5.74, 6) is -0.972. The Balaban J connectivity index is 0.000000145. The molecule has 127 heavy (non-hydrogen) atoms. The second-order valence-corrected chi connectivity index (χ2v) is 36.4. The number of carbonyl (C=O) groups is 6. The number of ether oxygens (including phenoxy) is 8. The van der Waals surface area contributed by atoms with Gasteiger partial charge in [-0.15, -0.1) is 35.8 Å². The maximum Gasteiger partial charge on any atom is 0.573 e. The van der Waals surface area contributed by atoms with Gasteiger partial charge in [0.1, 0.15) is 64.1 Å². The summed E-state index contributed by atoms with van der Waals surface area (Å²) in [6.07, 6.45) is 7.94. The smallest absolute Gasteiger partial charge is 0.463 e. The molecule has 9 aromatic rings. The Labute approximate surface area is 748 Å². The molecule has 672 valence electrons. The van der Waals surface area contributed by atoms with Gasteiger partial charge in [-0.3, -0.25) is 43.5 Å². The van der Waals surface area contributed by atoms with E-state index < -0.39 is 76.6 Å². The van der Waals surface area contributed by atoms with Crippen LogP contribution in [-0.2, 0) is 78.4 Å². The minimum Gasteiger partial charge on any atom is -0.463 e. The summed E-state index contributed by atoms with van der Waals surface area (Å²) in [5, 5.41) is 10.7. The van der Waals surface area contributed by atoms with Crippen molar-refractivity contribution >= 4 is 118 Å². The lowest BCUT2D eigenvalue weighted by molar-refractivity contribution is -0.325. The Morgan fingerprint density at radius 3 is 2.02 bits per heavy atom. The van der Waals surface area contributed by atoms with E-state index in [1.54, 1.807) is 102 Å². The summed E-state index contributed by atoms with van der Waals surface area (Å²) in [6, 6.07) is 38.8. The molecule has 0 spiro atoms. The van der Waals surface area contributed by atoms with E-state index in [1.165, 1.54) is 66.8 Å². The molecular formula is C94H102ClF3N8O18S3. The fourth-order valence-corrected chi connectivity index (χ4v) is 18.7. The molecule has 26 nitrogen and oxygen atoms in total. The molecule has 1 amide bonds. The van der Waals surface area contributed by atoms with Crippen molar-refractivity contribution in [3.8, 4) is 17.1 Å². The number of nitrogens with zero attached hydrogens (tertiary/aromatic N) is 7. The van der Waals surface area contributed by atoms with E-state index in [1.807, 2.05) is 91.9 Å². The van der Waals surface area contributed by atoms with Crippen molar-refractivity contribution in [2.24, 2.45) is 10.9 Å². The molecule has 9 atom stereocenters. The van der Waals surface area contributed by atoms with Gasteiger partial charge >= 0.3 is 30.2 Å². The zero-order valence-electron chi connectivity index (χ0n) is 72.2. The number of hydrogen-bond donors (Lipinski definition) is 1. The van der Waals surface area contributed by atoms with Crippen molar-refractivity contribution in [1.82, 2.24) is 24.1 Å². The molecule has 0 saturated carbocycles. The molecule has 33 heteroatoms. The Morgan fingerprint density at radius 2 is 1.38 bits per heavy atom. The number of aliphatic imine (C=N–C) groups is 1. The predicted molar refractivity (Wildman–Crippen MR) is 479 cm³/mol. The summed E-state index contributed by atoms with van der Waals surface area (Å²) in [5.41, 5.74) is 9.42. The van der Waals surface area contributed by atoms with Gasteiger partial charge < -0.3 is 57.4 Å². The number of halogens is 4. The van der Waals surface area contributed by atoms with Crippen LogP contribution >= 0.6 is 34.3 Å². The number of aromatic nitrogens is 2. The van der Waals surface area contributed by atoms with Crippen LogP contribution in [0.1, 0.15) is 133 Å². The zero-order valence-corrected chi connectivity index (χ0v) is 75.4. The summed E-state index contributed by atoms with van der Waals surface area (Å²) in [7, 11) is -3.49. The van der Waals surface area contributed by atoms with Gasteiger partial charge in [0.15, 0.2) is 35.8 Å². The van der Waals surface area contributed by atoms with Crippen LogP contribution in [-0.4, -0.2) is 182 Å². The molecule has 4 saturated heterocycles. The first kappa shape index (κ1) is 95.0. The van der Waals surface area contributed by atoms with Gasteiger partial charge in [-0.05, 0) is 153 Å². The SMILES string of the molecule is CC(=O)OC[C@H]1OC(OC(C)(C)C)[C@H](OC(C)=O)[C@@H](OC(C)=O)[C@@H]1OC(C)=O.CC(C)c1ccc(-c2cc(=O)c3ccccc3o2)cc1.Cc1csc2c1C(N1CCN(S(=O)(=O)c3ccc(Cl)cc3)CC1)N=CN2.Cc1csc2ncnc(N3CCN(C(=O)Cc4ccc(OC(F)(F)F)cc4)CC3)c12.O=C1/C(=C\C2=CCCC2)C(c2ccccc2)OC2C=CC=CC12. The van der Waals surface area contributed by atoms with E-state index in [9.17, 15) is 55.2 Å². The van der Waals surface area contributed by atoms with E-state index in [-0.39, 0.29) is 65.1 Å². The van der Waals surface area contributed by atoms with E-state index in [0.717, 1.165) is 70.0 Å². The number of amides is 1. The van der Waals surface area contributed by atoms with Crippen molar-refractivity contribution in [2.45, 2.75) is 174 Å². The molecule has 5 aromatic carbocycles. The number of anilines is 2. The van der Waals surface area contributed by atoms with Gasteiger partial charge in [0.25, 0.3) is 0 Å². The second kappa shape index (κ2) is 42.7. The zero-order chi connectivity index (χ0) is 91.0. The largest absolute Gasteiger partial charge is 0.573 e. The Morgan fingerprint density at radius 1 is 0.724 bits per heavy atom. The van der Waals surface area contributed by atoms with Gasteiger partial charge in [-0.1, -0.05) is 140 Å². The number of thiophene rings is 2. The van der Waals surface area contributed by atoms with Crippen molar-refractivity contribution in [1.29, 1.82) is 0 Å². The molecule has 0 radical (unpaired) electrons. The van der Waals surface area contributed by atoms with Gasteiger partial charge in [-0.25, -0.2) is 18.4 Å². The number of sulfonamides is 1. The van der Waals surface area contributed by atoms with Gasteiger partial charge in [0.2, 0.25) is 15.9 Å². The van der Waals surface area contributed by atoms with Gasteiger partial charge in [0, 0.05) is 108 Å².